The Labute approximate surface area is 125 Å². The van der Waals surface area contributed by atoms with Gasteiger partial charge in [-0.1, -0.05) is 37.3 Å². The Bertz CT molecular complexity index is 628. The maximum Gasteiger partial charge on any atom is 0.124 e. The van der Waals surface area contributed by atoms with Crippen LogP contribution in [0.25, 0.3) is 0 Å². The largest absolute Gasteiger partial charge is 0.493 e. The predicted molar refractivity (Wildman–Crippen MR) is 81.8 cm³/mol. The van der Waals surface area contributed by atoms with Crippen LogP contribution in [0.4, 0.5) is 4.39 Å². The van der Waals surface area contributed by atoms with E-state index in [1.165, 1.54) is 11.6 Å². The monoisotopic (exact) mass is 285 g/mol. The Balaban J connectivity index is 1.84. The van der Waals surface area contributed by atoms with Crippen LogP contribution in [-0.4, -0.2) is 6.61 Å². The third-order valence-electron chi connectivity index (χ3n) is 4.10. The molecule has 0 radical (unpaired) electrons. The summed E-state index contributed by atoms with van der Waals surface area (Å²) in [6.45, 7) is 4.94. The highest BCUT2D eigenvalue weighted by atomic mass is 19.1. The number of hydrogen-bond acceptors (Lipinski definition) is 2. The van der Waals surface area contributed by atoms with Crippen LogP contribution in [0.2, 0.25) is 0 Å². The molecule has 0 aromatic heterocycles. The summed E-state index contributed by atoms with van der Waals surface area (Å²) in [5.41, 5.74) is 2.14. The molecule has 1 heterocycles. The fourth-order valence-corrected chi connectivity index (χ4v) is 2.89. The second-order valence-electron chi connectivity index (χ2n) is 5.75. The van der Waals surface area contributed by atoms with Gasteiger partial charge in [-0.15, -0.1) is 0 Å². The van der Waals surface area contributed by atoms with Crippen molar-refractivity contribution in [2.75, 3.05) is 6.61 Å². The van der Waals surface area contributed by atoms with Gasteiger partial charge in [0.25, 0.3) is 0 Å². The van der Waals surface area contributed by atoms with Crippen LogP contribution in [0.3, 0.4) is 0 Å². The molecule has 1 aliphatic rings. The van der Waals surface area contributed by atoms with Crippen molar-refractivity contribution in [3.8, 4) is 5.75 Å². The minimum Gasteiger partial charge on any atom is -0.493 e. The normalized spacial score (nSPS) is 22.2. The van der Waals surface area contributed by atoms with Crippen LogP contribution in [-0.2, 0) is 0 Å². The summed E-state index contributed by atoms with van der Waals surface area (Å²) in [7, 11) is 0. The van der Waals surface area contributed by atoms with Crippen molar-refractivity contribution in [1.29, 1.82) is 0 Å². The van der Waals surface area contributed by atoms with E-state index in [9.17, 15) is 4.39 Å². The lowest BCUT2D eigenvalue weighted by atomic mass is 9.91. The molecule has 3 atom stereocenters. The topological polar surface area (TPSA) is 21.3 Å². The van der Waals surface area contributed by atoms with Gasteiger partial charge in [0.05, 0.1) is 6.61 Å². The van der Waals surface area contributed by atoms with E-state index >= 15 is 0 Å². The first-order valence-electron chi connectivity index (χ1n) is 7.38. The van der Waals surface area contributed by atoms with Crippen LogP contribution < -0.4 is 10.1 Å². The van der Waals surface area contributed by atoms with Crippen molar-refractivity contribution in [3.05, 3.63) is 65.5 Å². The molecule has 0 saturated carbocycles. The lowest BCUT2D eigenvalue weighted by Crippen LogP contribution is -2.35. The van der Waals surface area contributed by atoms with Crippen molar-refractivity contribution in [3.63, 3.8) is 0 Å². The molecule has 21 heavy (non-hydrogen) atoms. The average Bonchev–Trinajstić information content (AvgIpc) is 2.50. The fourth-order valence-electron chi connectivity index (χ4n) is 2.89. The number of fused-ring (bicyclic) bond motifs is 1. The summed E-state index contributed by atoms with van der Waals surface area (Å²) >= 11 is 0. The summed E-state index contributed by atoms with van der Waals surface area (Å²) in [5, 5.41) is 3.62. The van der Waals surface area contributed by atoms with E-state index in [-0.39, 0.29) is 17.9 Å². The summed E-state index contributed by atoms with van der Waals surface area (Å²) in [4.78, 5) is 0. The Hall–Kier alpha value is -1.87. The maximum atomic E-state index is 13.4. The van der Waals surface area contributed by atoms with Gasteiger partial charge < -0.3 is 10.1 Å². The first kappa shape index (κ1) is 14.1. The van der Waals surface area contributed by atoms with Gasteiger partial charge in [-0.2, -0.15) is 0 Å². The molecule has 1 N–H and O–H groups in total. The number of para-hydroxylation sites is 1. The Morgan fingerprint density at radius 3 is 2.81 bits per heavy atom. The average molecular weight is 285 g/mol. The standard InChI is InChI=1S/C18H20FNO/c1-12-11-21-17-9-4-3-8-16(17)18(12)20-13(2)14-6-5-7-15(19)10-14/h3-10,12-13,18,20H,11H2,1-2H3/t12?,13-,18?/m0/s1. The van der Waals surface area contributed by atoms with Crippen molar-refractivity contribution in [1.82, 2.24) is 5.32 Å². The van der Waals surface area contributed by atoms with E-state index in [0.717, 1.165) is 11.3 Å². The lowest BCUT2D eigenvalue weighted by Gasteiger charge is -2.34. The van der Waals surface area contributed by atoms with Crippen molar-refractivity contribution in [2.45, 2.75) is 25.9 Å². The summed E-state index contributed by atoms with van der Waals surface area (Å²) in [6.07, 6.45) is 0. The van der Waals surface area contributed by atoms with Crippen LogP contribution in [0.15, 0.2) is 48.5 Å². The fraction of sp³-hybridized carbons (Fsp3) is 0.333. The van der Waals surface area contributed by atoms with Gasteiger partial charge in [0.1, 0.15) is 11.6 Å². The number of rotatable bonds is 3. The van der Waals surface area contributed by atoms with Crippen LogP contribution in [0.1, 0.15) is 37.1 Å². The summed E-state index contributed by atoms with van der Waals surface area (Å²) < 4.78 is 19.1. The smallest absolute Gasteiger partial charge is 0.124 e. The molecule has 0 bridgehead atoms. The number of ether oxygens (including phenoxy) is 1. The van der Waals surface area contributed by atoms with E-state index in [1.807, 2.05) is 24.3 Å². The Kier molecular flexibility index (Phi) is 3.93. The molecule has 1 aliphatic heterocycles. The number of halogens is 1. The van der Waals surface area contributed by atoms with Gasteiger partial charge in [-0.3, -0.25) is 0 Å². The maximum absolute atomic E-state index is 13.4. The SMILES string of the molecule is CC1COc2ccccc2C1N[C@@H](C)c1cccc(F)c1. The van der Waals surface area contributed by atoms with Gasteiger partial charge in [0.15, 0.2) is 0 Å². The quantitative estimate of drug-likeness (QED) is 0.910. The molecule has 2 aromatic carbocycles. The third kappa shape index (κ3) is 2.93. The van der Waals surface area contributed by atoms with Gasteiger partial charge in [-0.05, 0) is 30.7 Å². The minimum atomic E-state index is -0.193. The van der Waals surface area contributed by atoms with E-state index in [0.29, 0.717) is 12.5 Å². The second-order valence-corrected chi connectivity index (χ2v) is 5.75. The zero-order chi connectivity index (χ0) is 14.8. The van der Waals surface area contributed by atoms with Gasteiger partial charge in [0, 0.05) is 23.6 Å². The molecule has 0 spiro atoms. The predicted octanol–water partition coefficient (Wildman–Crippen LogP) is 4.25. The molecular formula is C18H20FNO. The van der Waals surface area contributed by atoms with Crippen LogP contribution >= 0.6 is 0 Å². The zero-order valence-corrected chi connectivity index (χ0v) is 12.3. The van der Waals surface area contributed by atoms with Gasteiger partial charge in [0.2, 0.25) is 0 Å². The molecule has 2 aromatic rings. The molecule has 0 aliphatic carbocycles. The molecule has 2 unspecified atom stereocenters. The Morgan fingerprint density at radius 2 is 2.00 bits per heavy atom. The lowest BCUT2D eigenvalue weighted by molar-refractivity contribution is 0.182. The van der Waals surface area contributed by atoms with Crippen molar-refractivity contribution >= 4 is 0 Å². The van der Waals surface area contributed by atoms with E-state index < -0.39 is 0 Å². The third-order valence-corrected chi connectivity index (χ3v) is 4.10. The molecule has 0 fully saturated rings. The second kappa shape index (κ2) is 5.86. The molecule has 0 saturated heterocycles. The summed E-state index contributed by atoms with van der Waals surface area (Å²) in [6, 6.07) is 15.2. The molecule has 0 amide bonds. The highest BCUT2D eigenvalue weighted by Crippen LogP contribution is 2.36. The van der Waals surface area contributed by atoms with Crippen LogP contribution in [0.5, 0.6) is 5.75 Å². The number of hydrogen-bond donors (Lipinski definition) is 1. The van der Waals surface area contributed by atoms with Gasteiger partial charge >= 0.3 is 0 Å². The molecule has 3 rings (SSSR count). The molecule has 3 heteroatoms. The number of nitrogens with one attached hydrogen (secondary N) is 1. The van der Waals surface area contributed by atoms with E-state index in [2.05, 4.69) is 25.2 Å². The molecule has 110 valence electrons. The highest BCUT2D eigenvalue weighted by molar-refractivity contribution is 5.38. The molecular weight excluding hydrogens is 265 g/mol. The number of benzene rings is 2. The summed E-state index contributed by atoms with van der Waals surface area (Å²) in [5.74, 6) is 1.12. The Morgan fingerprint density at radius 1 is 1.19 bits per heavy atom. The van der Waals surface area contributed by atoms with Crippen molar-refractivity contribution in [2.24, 2.45) is 5.92 Å². The first-order chi connectivity index (χ1) is 10.1. The van der Waals surface area contributed by atoms with E-state index in [4.69, 9.17) is 4.74 Å². The van der Waals surface area contributed by atoms with Crippen molar-refractivity contribution < 1.29 is 9.13 Å². The molecule has 2 nitrogen and oxygen atoms in total. The van der Waals surface area contributed by atoms with Gasteiger partial charge in [-0.25, -0.2) is 4.39 Å². The highest BCUT2D eigenvalue weighted by Gasteiger charge is 2.28. The first-order valence-corrected chi connectivity index (χ1v) is 7.38. The van der Waals surface area contributed by atoms with Crippen LogP contribution in [0, 0.1) is 11.7 Å². The minimum absolute atomic E-state index is 0.0827. The van der Waals surface area contributed by atoms with E-state index in [1.54, 1.807) is 12.1 Å². The zero-order valence-electron chi connectivity index (χ0n) is 12.3.